The molecule has 0 aromatic heterocycles. The summed E-state index contributed by atoms with van der Waals surface area (Å²) < 4.78 is 5.76. The van der Waals surface area contributed by atoms with Crippen LogP contribution in [0.2, 0.25) is 0 Å². The summed E-state index contributed by atoms with van der Waals surface area (Å²) in [6.45, 7) is 2.17. The van der Waals surface area contributed by atoms with Gasteiger partial charge in [-0.15, -0.1) is 0 Å². The first-order valence-corrected chi connectivity index (χ1v) is 5.14. The molecule has 1 aliphatic heterocycles. The van der Waals surface area contributed by atoms with Crippen molar-refractivity contribution in [1.82, 2.24) is 0 Å². The largest absolute Gasteiger partial charge is 0.486 e. The van der Waals surface area contributed by atoms with Crippen LogP contribution in [-0.4, -0.2) is 23.9 Å². The second-order valence-corrected chi connectivity index (χ2v) is 3.86. The zero-order valence-electron chi connectivity index (χ0n) is 8.73. The Balaban J connectivity index is 2.22. The number of hydrogen-bond donors (Lipinski definition) is 3. The lowest BCUT2D eigenvalue weighted by Gasteiger charge is -2.32. The highest BCUT2D eigenvalue weighted by Gasteiger charge is 2.25. The second kappa shape index (κ2) is 3.98. The van der Waals surface area contributed by atoms with Gasteiger partial charge in [0.2, 0.25) is 0 Å². The smallest absolute Gasteiger partial charge is 0.143 e. The number of nitrogen functional groups attached to an aromatic ring is 1. The van der Waals surface area contributed by atoms with Crippen LogP contribution in [0.25, 0.3) is 0 Å². The molecule has 2 unspecified atom stereocenters. The molecule has 0 bridgehead atoms. The maximum Gasteiger partial charge on any atom is 0.143 e. The molecule has 4 N–H and O–H groups in total. The van der Waals surface area contributed by atoms with Crippen molar-refractivity contribution >= 4 is 11.4 Å². The highest BCUT2D eigenvalue weighted by atomic mass is 16.5. The minimum atomic E-state index is 0.0196. The maximum atomic E-state index is 8.90. The van der Waals surface area contributed by atoms with Gasteiger partial charge in [0.1, 0.15) is 11.9 Å². The Morgan fingerprint density at radius 1 is 1.53 bits per heavy atom. The number of benzene rings is 1. The van der Waals surface area contributed by atoms with Crippen LogP contribution in [0.5, 0.6) is 5.75 Å². The summed E-state index contributed by atoms with van der Waals surface area (Å²) >= 11 is 0. The Kier molecular flexibility index (Phi) is 2.68. The molecular weight excluding hydrogens is 192 g/mol. The van der Waals surface area contributed by atoms with Crippen LogP contribution in [0.15, 0.2) is 18.2 Å². The third kappa shape index (κ3) is 1.99. The van der Waals surface area contributed by atoms with E-state index in [1.807, 2.05) is 25.1 Å². The van der Waals surface area contributed by atoms with Crippen molar-refractivity contribution in [3.63, 3.8) is 0 Å². The van der Waals surface area contributed by atoms with Crippen molar-refractivity contribution in [3.05, 3.63) is 18.2 Å². The van der Waals surface area contributed by atoms with E-state index >= 15 is 0 Å². The molecule has 4 nitrogen and oxygen atoms in total. The highest BCUT2D eigenvalue weighted by molar-refractivity contribution is 5.65. The van der Waals surface area contributed by atoms with Gasteiger partial charge in [-0.2, -0.15) is 0 Å². The maximum absolute atomic E-state index is 8.90. The van der Waals surface area contributed by atoms with Crippen LogP contribution in [0, 0.1) is 0 Å². The molecule has 0 saturated heterocycles. The number of anilines is 2. The minimum Gasteiger partial charge on any atom is -0.486 e. The first kappa shape index (κ1) is 10.1. The van der Waals surface area contributed by atoms with E-state index in [9.17, 15) is 0 Å². The molecule has 0 radical (unpaired) electrons. The van der Waals surface area contributed by atoms with Gasteiger partial charge in [-0.1, -0.05) is 0 Å². The predicted octanol–water partition coefficient (Wildman–Crippen LogP) is 1.21. The summed E-state index contributed by atoms with van der Waals surface area (Å²) in [7, 11) is 0. The lowest BCUT2D eigenvalue weighted by molar-refractivity contribution is 0.134. The summed E-state index contributed by atoms with van der Waals surface area (Å²) in [5, 5.41) is 12.2. The molecule has 0 fully saturated rings. The van der Waals surface area contributed by atoms with Gasteiger partial charge in [0.25, 0.3) is 0 Å². The average molecular weight is 208 g/mol. The van der Waals surface area contributed by atoms with Gasteiger partial charge in [-0.05, 0) is 25.1 Å². The quantitative estimate of drug-likeness (QED) is 0.639. The molecule has 1 aromatic rings. The molecule has 82 valence electrons. The molecule has 0 spiro atoms. The number of aliphatic hydroxyl groups excluding tert-OH is 1. The first-order chi connectivity index (χ1) is 7.20. The van der Waals surface area contributed by atoms with Crippen LogP contribution < -0.4 is 15.8 Å². The fourth-order valence-electron chi connectivity index (χ4n) is 1.80. The van der Waals surface area contributed by atoms with Gasteiger partial charge in [-0.3, -0.25) is 0 Å². The molecule has 1 aliphatic rings. The van der Waals surface area contributed by atoms with Gasteiger partial charge in [0, 0.05) is 18.7 Å². The van der Waals surface area contributed by atoms with E-state index in [0.29, 0.717) is 6.42 Å². The lowest BCUT2D eigenvalue weighted by Crippen LogP contribution is -2.39. The Labute approximate surface area is 89.0 Å². The van der Waals surface area contributed by atoms with Crippen molar-refractivity contribution < 1.29 is 9.84 Å². The van der Waals surface area contributed by atoms with E-state index in [2.05, 4.69) is 5.32 Å². The Bertz CT molecular complexity index is 354. The molecule has 2 atom stereocenters. The first-order valence-electron chi connectivity index (χ1n) is 5.14. The Morgan fingerprint density at radius 2 is 2.33 bits per heavy atom. The highest BCUT2D eigenvalue weighted by Crippen LogP contribution is 2.33. The van der Waals surface area contributed by atoms with E-state index in [1.54, 1.807) is 0 Å². The van der Waals surface area contributed by atoms with Gasteiger partial charge >= 0.3 is 0 Å². The summed E-state index contributed by atoms with van der Waals surface area (Å²) in [4.78, 5) is 0. The molecular formula is C11H16N2O2. The number of hydrogen-bond acceptors (Lipinski definition) is 4. The number of fused-ring (bicyclic) bond motifs is 1. The van der Waals surface area contributed by atoms with Crippen LogP contribution in [0.1, 0.15) is 13.3 Å². The fraction of sp³-hybridized carbons (Fsp3) is 0.455. The van der Waals surface area contributed by atoms with Crippen molar-refractivity contribution in [1.29, 1.82) is 0 Å². The molecule has 15 heavy (non-hydrogen) atoms. The molecule has 2 rings (SSSR count). The van der Waals surface area contributed by atoms with Gasteiger partial charge in [0.15, 0.2) is 0 Å². The number of ether oxygens (including phenoxy) is 1. The van der Waals surface area contributed by atoms with Gasteiger partial charge in [0.05, 0.1) is 11.7 Å². The molecule has 1 aromatic carbocycles. The normalized spacial score (nSPS) is 23.9. The standard InChI is InChI=1S/C11H16N2O2/c1-7-10(4-5-14)15-11-3-2-8(12)6-9(11)13-7/h2-3,6-7,10,13-14H,4-5,12H2,1H3. The second-order valence-electron chi connectivity index (χ2n) is 3.86. The van der Waals surface area contributed by atoms with Crippen LogP contribution in [-0.2, 0) is 0 Å². The monoisotopic (exact) mass is 208 g/mol. The minimum absolute atomic E-state index is 0.0196. The lowest BCUT2D eigenvalue weighted by atomic mass is 10.1. The molecule has 4 heteroatoms. The fourth-order valence-corrected chi connectivity index (χ4v) is 1.80. The summed E-state index contributed by atoms with van der Waals surface area (Å²) in [6.07, 6.45) is 0.656. The number of aliphatic hydroxyl groups is 1. The number of rotatable bonds is 2. The van der Waals surface area contributed by atoms with Crippen LogP contribution >= 0.6 is 0 Å². The third-order valence-electron chi connectivity index (χ3n) is 2.64. The predicted molar refractivity (Wildman–Crippen MR) is 60.1 cm³/mol. The van der Waals surface area contributed by atoms with Crippen molar-refractivity contribution in [2.45, 2.75) is 25.5 Å². The van der Waals surface area contributed by atoms with Crippen LogP contribution in [0.4, 0.5) is 11.4 Å². The Hall–Kier alpha value is -1.42. The molecule has 0 aliphatic carbocycles. The Morgan fingerprint density at radius 3 is 3.07 bits per heavy atom. The zero-order valence-corrected chi connectivity index (χ0v) is 8.73. The molecule has 0 amide bonds. The number of nitrogens with two attached hydrogens (primary N) is 1. The SMILES string of the molecule is CC1Nc2cc(N)ccc2OC1CCO. The summed E-state index contributed by atoms with van der Waals surface area (Å²) in [6, 6.07) is 5.72. The van der Waals surface area contributed by atoms with E-state index < -0.39 is 0 Å². The summed E-state index contributed by atoms with van der Waals surface area (Å²) in [5.74, 6) is 0.806. The topological polar surface area (TPSA) is 67.5 Å². The number of nitrogens with one attached hydrogen (secondary N) is 1. The molecule has 0 saturated carbocycles. The van der Waals surface area contributed by atoms with E-state index in [4.69, 9.17) is 15.6 Å². The van der Waals surface area contributed by atoms with Crippen molar-refractivity contribution in [2.75, 3.05) is 17.7 Å². The molecule has 1 heterocycles. The van der Waals surface area contributed by atoms with Gasteiger partial charge < -0.3 is 20.9 Å². The van der Waals surface area contributed by atoms with Crippen molar-refractivity contribution in [3.8, 4) is 5.75 Å². The van der Waals surface area contributed by atoms with Crippen LogP contribution in [0.3, 0.4) is 0 Å². The van der Waals surface area contributed by atoms with E-state index in [0.717, 1.165) is 17.1 Å². The average Bonchev–Trinajstić information content (AvgIpc) is 2.20. The van der Waals surface area contributed by atoms with Crippen molar-refractivity contribution in [2.24, 2.45) is 0 Å². The summed E-state index contributed by atoms with van der Waals surface area (Å²) in [5.41, 5.74) is 7.33. The van der Waals surface area contributed by atoms with E-state index in [1.165, 1.54) is 0 Å². The van der Waals surface area contributed by atoms with Gasteiger partial charge in [-0.25, -0.2) is 0 Å². The van der Waals surface area contributed by atoms with E-state index in [-0.39, 0.29) is 18.8 Å². The zero-order chi connectivity index (χ0) is 10.8. The third-order valence-corrected chi connectivity index (χ3v) is 2.64.